The number of hydrogen-bond donors (Lipinski definition) is 2. The maximum atomic E-state index is 12.0. The van der Waals surface area contributed by atoms with E-state index in [0.29, 0.717) is 24.2 Å². The van der Waals surface area contributed by atoms with Crippen LogP contribution in [0.3, 0.4) is 0 Å². The van der Waals surface area contributed by atoms with Crippen LogP contribution in [0.1, 0.15) is 22.3 Å². The summed E-state index contributed by atoms with van der Waals surface area (Å²) in [5, 5.41) is 5.99. The molecular weight excluding hydrogens is 372 g/mol. The molecule has 0 aliphatic rings. The minimum absolute atomic E-state index is 0.132. The second-order valence-corrected chi connectivity index (χ2v) is 6.13. The van der Waals surface area contributed by atoms with E-state index >= 15 is 0 Å². The van der Waals surface area contributed by atoms with Crippen molar-refractivity contribution in [2.24, 2.45) is 0 Å². The molecule has 0 aliphatic carbocycles. The first-order valence-electron chi connectivity index (χ1n) is 7.48. The summed E-state index contributed by atoms with van der Waals surface area (Å²) < 4.78 is 5.63. The smallest absolute Gasteiger partial charge is 0.337 e. The lowest BCUT2D eigenvalue weighted by Gasteiger charge is -2.10. The number of rotatable bonds is 6. The summed E-state index contributed by atoms with van der Waals surface area (Å²) in [6.45, 7) is 2.52. The van der Waals surface area contributed by atoms with Crippen LogP contribution in [0.2, 0.25) is 0 Å². The first kappa shape index (κ1) is 18.0. The average Bonchev–Trinajstić information content (AvgIpc) is 2.56. The Hall–Kier alpha value is -2.34. The Labute approximate surface area is 149 Å². The fourth-order valence-corrected chi connectivity index (χ4v) is 2.77. The molecule has 1 amide bonds. The Morgan fingerprint density at radius 1 is 1.17 bits per heavy atom. The lowest BCUT2D eigenvalue weighted by Crippen LogP contribution is -2.16. The molecule has 0 bridgehead atoms. The van der Waals surface area contributed by atoms with Gasteiger partial charge in [0.1, 0.15) is 0 Å². The molecule has 0 saturated heterocycles. The number of carbonyl (C=O) groups excluding carboxylic acids is 2. The molecule has 0 heterocycles. The number of carbonyl (C=O) groups is 2. The van der Waals surface area contributed by atoms with Crippen LogP contribution in [0.4, 0.5) is 11.4 Å². The van der Waals surface area contributed by atoms with Crippen molar-refractivity contribution in [2.45, 2.75) is 13.3 Å². The van der Waals surface area contributed by atoms with E-state index < -0.39 is 5.97 Å². The fraction of sp³-hybridized carbons (Fsp3) is 0.222. The largest absolute Gasteiger partial charge is 0.465 e. The van der Waals surface area contributed by atoms with Crippen LogP contribution in [-0.4, -0.2) is 25.5 Å². The van der Waals surface area contributed by atoms with Gasteiger partial charge in [0, 0.05) is 28.8 Å². The van der Waals surface area contributed by atoms with E-state index in [9.17, 15) is 9.59 Å². The molecule has 0 atom stereocenters. The summed E-state index contributed by atoms with van der Waals surface area (Å²) in [4.78, 5) is 23.5. The fourth-order valence-electron chi connectivity index (χ4n) is 2.14. The molecule has 0 unspecified atom stereocenters. The van der Waals surface area contributed by atoms with Crippen molar-refractivity contribution >= 4 is 39.2 Å². The van der Waals surface area contributed by atoms with Crippen LogP contribution in [0.15, 0.2) is 46.9 Å². The first-order valence-corrected chi connectivity index (χ1v) is 8.27. The van der Waals surface area contributed by atoms with Gasteiger partial charge < -0.3 is 15.4 Å². The highest BCUT2D eigenvalue weighted by Gasteiger charge is 2.08. The van der Waals surface area contributed by atoms with Crippen molar-refractivity contribution in [3.63, 3.8) is 0 Å². The van der Waals surface area contributed by atoms with Gasteiger partial charge in [-0.3, -0.25) is 4.79 Å². The molecule has 0 fully saturated rings. The standard InChI is InChI=1S/C18H19BrN2O3/c1-12-6-7-16(15(19)10-12)20-9-8-17(22)21-14-5-3-4-13(11-14)18(23)24-2/h3-7,10-11,20H,8-9H2,1-2H3,(H,21,22). The molecule has 2 rings (SSSR count). The van der Waals surface area contributed by atoms with Crippen LogP contribution < -0.4 is 10.6 Å². The van der Waals surface area contributed by atoms with E-state index in [1.807, 2.05) is 25.1 Å². The van der Waals surface area contributed by atoms with E-state index in [2.05, 4.69) is 31.3 Å². The van der Waals surface area contributed by atoms with Crippen LogP contribution in [-0.2, 0) is 9.53 Å². The quantitative estimate of drug-likeness (QED) is 0.731. The molecule has 0 aliphatic heterocycles. The Kier molecular flexibility index (Phi) is 6.37. The predicted molar refractivity (Wildman–Crippen MR) is 98.4 cm³/mol. The minimum Gasteiger partial charge on any atom is -0.465 e. The number of ether oxygens (including phenoxy) is 1. The lowest BCUT2D eigenvalue weighted by atomic mass is 10.2. The van der Waals surface area contributed by atoms with Crippen molar-refractivity contribution in [3.8, 4) is 0 Å². The summed E-state index contributed by atoms with van der Waals surface area (Å²) in [6.07, 6.45) is 0.308. The Morgan fingerprint density at radius 3 is 2.67 bits per heavy atom. The third kappa shape index (κ3) is 5.09. The Morgan fingerprint density at radius 2 is 1.96 bits per heavy atom. The third-order valence-corrected chi connectivity index (χ3v) is 4.02. The molecule has 6 heteroatoms. The monoisotopic (exact) mass is 390 g/mol. The normalized spacial score (nSPS) is 10.1. The Bertz CT molecular complexity index is 747. The molecule has 2 N–H and O–H groups in total. The average molecular weight is 391 g/mol. The highest BCUT2D eigenvalue weighted by Crippen LogP contribution is 2.23. The summed E-state index contributed by atoms with van der Waals surface area (Å²) >= 11 is 3.49. The molecule has 5 nitrogen and oxygen atoms in total. The van der Waals surface area contributed by atoms with E-state index in [1.54, 1.807) is 24.3 Å². The number of halogens is 1. The van der Waals surface area contributed by atoms with Gasteiger partial charge in [0.25, 0.3) is 0 Å². The molecule has 2 aromatic carbocycles. The van der Waals surface area contributed by atoms with Gasteiger partial charge in [-0.05, 0) is 58.7 Å². The number of anilines is 2. The van der Waals surface area contributed by atoms with Gasteiger partial charge >= 0.3 is 5.97 Å². The number of nitrogens with one attached hydrogen (secondary N) is 2. The molecule has 0 spiro atoms. The SMILES string of the molecule is COC(=O)c1cccc(NC(=O)CCNc2ccc(C)cc2Br)c1. The molecule has 126 valence electrons. The van der Waals surface area contributed by atoms with Crippen molar-refractivity contribution in [3.05, 3.63) is 58.1 Å². The summed E-state index contributed by atoms with van der Waals surface area (Å²) in [5.41, 5.74) is 3.08. The maximum absolute atomic E-state index is 12.0. The Balaban J connectivity index is 1.86. The number of benzene rings is 2. The van der Waals surface area contributed by atoms with Gasteiger partial charge in [-0.15, -0.1) is 0 Å². The summed E-state index contributed by atoms with van der Waals surface area (Å²) in [5.74, 6) is -0.565. The molecule has 0 saturated carbocycles. The first-order chi connectivity index (χ1) is 11.5. The van der Waals surface area contributed by atoms with Gasteiger partial charge in [-0.25, -0.2) is 4.79 Å². The van der Waals surface area contributed by atoms with E-state index in [4.69, 9.17) is 0 Å². The number of amides is 1. The second-order valence-electron chi connectivity index (χ2n) is 5.28. The molecule has 0 aromatic heterocycles. The van der Waals surface area contributed by atoms with Crippen LogP contribution in [0.25, 0.3) is 0 Å². The topological polar surface area (TPSA) is 67.4 Å². The van der Waals surface area contributed by atoms with Gasteiger partial charge in [-0.2, -0.15) is 0 Å². The van der Waals surface area contributed by atoms with Crippen molar-refractivity contribution in [1.82, 2.24) is 0 Å². The maximum Gasteiger partial charge on any atom is 0.337 e. The van der Waals surface area contributed by atoms with Crippen molar-refractivity contribution < 1.29 is 14.3 Å². The zero-order valence-corrected chi connectivity index (χ0v) is 15.1. The van der Waals surface area contributed by atoms with Crippen molar-refractivity contribution in [2.75, 3.05) is 24.3 Å². The van der Waals surface area contributed by atoms with Gasteiger partial charge in [-0.1, -0.05) is 12.1 Å². The zero-order chi connectivity index (χ0) is 17.5. The summed E-state index contributed by atoms with van der Waals surface area (Å²) in [6, 6.07) is 12.6. The van der Waals surface area contributed by atoms with Crippen LogP contribution in [0.5, 0.6) is 0 Å². The molecule has 2 aromatic rings. The molecular formula is C18H19BrN2O3. The van der Waals surface area contributed by atoms with E-state index in [1.165, 1.54) is 7.11 Å². The molecule has 0 radical (unpaired) electrons. The number of methoxy groups -OCH3 is 1. The number of aryl methyl sites for hydroxylation is 1. The lowest BCUT2D eigenvalue weighted by molar-refractivity contribution is -0.115. The number of hydrogen-bond acceptors (Lipinski definition) is 4. The number of esters is 1. The van der Waals surface area contributed by atoms with Crippen LogP contribution in [0, 0.1) is 6.92 Å². The van der Waals surface area contributed by atoms with Crippen molar-refractivity contribution in [1.29, 1.82) is 0 Å². The highest BCUT2D eigenvalue weighted by atomic mass is 79.9. The molecule has 24 heavy (non-hydrogen) atoms. The predicted octanol–water partition coefficient (Wildman–Crippen LogP) is 3.98. The zero-order valence-electron chi connectivity index (χ0n) is 13.6. The summed E-state index contributed by atoms with van der Waals surface area (Å²) in [7, 11) is 1.32. The van der Waals surface area contributed by atoms with Gasteiger partial charge in [0.05, 0.1) is 12.7 Å². The van der Waals surface area contributed by atoms with Gasteiger partial charge in [0.2, 0.25) is 5.91 Å². The third-order valence-electron chi connectivity index (χ3n) is 3.36. The van der Waals surface area contributed by atoms with Gasteiger partial charge in [0.15, 0.2) is 0 Å². The minimum atomic E-state index is -0.433. The van der Waals surface area contributed by atoms with E-state index in [-0.39, 0.29) is 5.91 Å². The van der Waals surface area contributed by atoms with Crippen LogP contribution >= 0.6 is 15.9 Å². The second kappa shape index (κ2) is 8.49. The van der Waals surface area contributed by atoms with E-state index in [0.717, 1.165) is 15.7 Å². The highest BCUT2D eigenvalue weighted by molar-refractivity contribution is 9.10.